The van der Waals surface area contributed by atoms with Crippen LogP contribution in [0, 0.1) is 17.6 Å². The third kappa shape index (κ3) is 2.94. The van der Waals surface area contributed by atoms with Gasteiger partial charge in [0.1, 0.15) is 23.2 Å². The zero-order valence-corrected chi connectivity index (χ0v) is 11.3. The molecule has 0 saturated heterocycles. The fraction of sp³-hybridized carbons (Fsp3) is 0.235. The second kappa shape index (κ2) is 5.64. The van der Waals surface area contributed by atoms with Gasteiger partial charge in [-0.3, -0.25) is 4.79 Å². The van der Waals surface area contributed by atoms with Crippen molar-refractivity contribution in [3.63, 3.8) is 0 Å². The summed E-state index contributed by atoms with van der Waals surface area (Å²) in [6.07, 6.45) is 0.556. The van der Waals surface area contributed by atoms with Crippen molar-refractivity contribution in [1.82, 2.24) is 0 Å². The third-order valence-corrected chi connectivity index (χ3v) is 3.71. The van der Waals surface area contributed by atoms with Gasteiger partial charge in [0, 0.05) is 12.5 Å². The molecule has 2 aromatic rings. The summed E-state index contributed by atoms with van der Waals surface area (Å²) in [4.78, 5) is 12.3. The first kappa shape index (κ1) is 13.7. The van der Waals surface area contributed by atoms with E-state index in [4.69, 9.17) is 4.74 Å². The molecule has 0 spiro atoms. The van der Waals surface area contributed by atoms with Crippen molar-refractivity contribution in [3.8, 4) is 5.75 Å². The highest BCUT2D eigenvalue weighted by atomic mass is 19.1. The number of Topliss-reactive ketones (excluding diaryl/α,β-unsaturated/α-hetero) is 1. The Hall–Kier alpha value is -2.23. The molecule has 1 heterocycles. The first-order chi connectivity index (χ1) is 10.1. The monoisotopic (exact) mass is 288 g/mol. The van der Waals surface area contributed by atoms with Crippen LogP contribution in [0.1, 0.15) is 11.1 Å². The number of halogens is 2. The van der Waals surface area contributed by atoms with Gasteiger partial charge in [-0.05, 0) is 29.7 Å². The molecule has 3 rings (SSSR count). The molecule has 21 heavy (non-hydrogen) atoms. The molecule has 0 amide bonds. The average molecular weight is 288 g/mol. The van der Waals surface area contributed by atoms with E-state index in [1.54, 1.807) is 0 Å². The van der Waals surface area contributed by atoms with E-state index < -0.39 is 11.6 Å². The molecule has 1 atom stereocenters. The van der Waals surface area contributed by atoms with Gasteiger partial charge in [0.15, 0.2) is 0 Å². The predicted molar refractivity (Wildman–Crippen MR) is 74.2 cm³/mol. The van der Waals surface area contributed by atoms with Crippen LogP contribution >= 0.6 is 0 Å². The van der Waals surface area contributed by atoms with Crippen molar-refractivity contribution < 1.29 is 18.3 Å². The highest BCUT2D eigenvalue weighted by Crippen LogP contribution is 2.28. The van der Waals surface area contributed by atoms with Crippen molar-refractivity contribution in [2.75, 3.05) is 6.61 Å². The first-order valence-electron chi connectivity index (χ1n) is 6.81. The maximum Gasteiger partial charge on any atom is 0.144 e. The van der Waals surface area contributed by atoms with Gasteiger partial charge in [-0.15, -0.1) is 0 Å². The molecule has 0 aromatic heterocycles. The Balaban J connectivity index is 1.72. The van der Waals surface area contributed by atoms with Gasteiger partial charge in [0.2, 0.25) is 0 Å². The average Bonchev–Trinajstić information content (AvgIpc) is 2.49. The number of para-hydroxylation sites is 1. The minimum absolute atomic E-state index is 0.0394. The number of ketones is 1. The van der Waals surface area contributed by atoms with Crippen LogP contribution in [0.5, 0.6) is 5.75 Å². The molecule has 2 nitrogen and oxygen atoms in total. The summed E-state index contributed by atoms with van der Waals surface area (Å²) in [5.74, 6) is -0.895. The summed E-state index contributed by atoms with van der Waals surface area (Å²) in [5.41, 5.74) is 1.21. The molecule has 2 aromatic carbocycles. The topological polar surface area (TPSA) is 26.3 Å². The number of carbonyl (C=O) groups excluding carboxylic acids is 1. The summed E-state index contributed by atoms with van der Waals surface area (Å²) in [6, 6.07) is 10.9. The quantitative estimate of drug-likeness (QED) is 0.866. The van der Waals surface area contributed by atoms with E-state index >= 15 is 0 Å². The first-order valence-corrected chi connectivity index (χ1v) is 6.81. The fourth-order valence-corrected chi connectivity index (χ4v) is 2.53. The number of rotatable bonds is 3. The van der Waals surface area contributed by atoms with Crippen LogP contribution in [0.15, 0.2) is 42.5 Å². The number of carbonyl (C=O) groups is 1. The van der Waals surface area contributed by atoms with Crippen molar-refractivity contribution in [3.05, 3.63) is 65.2 Å². The Labute approximate surface area is 121 Å². The maximum absolute atomic E-state index is 13.6. The Bertz CT molecular complexity index is 682. The lowest BCUT2D eigenvalue weighted by atomic mass is 9.90. The van der Waals surface area contributed by atoms with E-state index in [-0.39, 0.29) is 23.7 Å². The smallest absolute Gasteiger partial charge is 0.144 e. The van der Waals surface area contributed by atoms with Crippen molar-refractivity contribution in [1.29, 1.82) is 0 Å². The van der Waals surface area contributed by atoms with E-state index in [2.05, 4.69) is 0 Å². The standard InChI is InChI=1S/C17H14F2O2/c18-14-6-5-11(15(19)9-14)8-16(20)13-7-12-3-1-2-4-17(12)21-10-13/h1-6,9,13H,7-8,10H2. The molecule has 1 aliphatic heterocycles. The van der Waals surface area contributed by atoms with Crippen molar-refractivity contribution >= 4 is 5.78 Å². The van der Waals surface area contributed by atoms with Crippen LogP contribution in [-0.2, 0) is 17.6 Å². The lowest BCUT2D eigenvalue weighted by molar-refractivity contribution is -0.123. The van der Waals surface area contributed by atoms with E-state index in [0.29, 0.717) is 13.0 Å². The van der Waals surface area contributed by atoms with E-state index in [1.165, 1.54) is 12.1 Å². The molecule has 108 valence electrons. The van der Waals surface area contributed by atoms with Gasteiger partial charge >= 0.3 is 0 Å². The SMILES string of the molecule is O=C(Cc1ccc(F)cc1F)C1COc2ccccc2C1. The lowest BCUT2D eigenvalue weighted by Gasteiger charge is -2.24. The molecule has 1 unspecified atom stereocenters. The largest absolute Gasteiger partial charge is 0.493 e. The number of benzene rings is 2. The minimum atomic E-state index is -0.680. The summed E-state index contributed by atoms with van der Waals surface area (Å²) < 4.78 is 32.0. The molecule has 0 aliphatic carbocycles. The van der Waals surface area contributed by atoms with Crippen LogP contribution in [0.2, 0.25) is 0 Å². The molecule has 0 bridgehead atoms. The maximum atomic E-state index is 13.6. The van der Waals surface area contributed by atoms with Crippen LogP contribution in [0.4, 0.5) is 8.78 Å². The molecule has 4 heteroatoms. The van der Waals surface area contributed by atoms with E-state index in [0.717, 1.165) is 17.4 Å². The van der Waals surface area contributed by atoms with Gasteiger partial charge in [-0.25, -0.2) is 8.78 Å². The van der Waals surface area contributed by atoms with Crippen LogP contribution in [0.25, 0.3) is 0 Å². The predicted octanol–water partition coefficient (Wildman–Crippen LogP) is 3.33. The Morgan fingerprint density at radius 3 is 2.81 bits per heavy atom. The lowest BCUT2D eigenvalue weighted by Crippen LogP contribution is -2.29. The van der Waals surface area contributed by atoms with Gasteiger partial charge < -0.3 is 4.74 Å². The summed E-state index contributed by atoms with van der Waals surface area (Å²) >= 11 is 0. The van der Waals surface area contributed by atoms with E-state index in [1.807, 2.05) is 24.3 Å². The van der Waals surface area contributed by atoms with Crippen molar-refractivity contribution in [2.45, 2.75) is 12.8 Å². The van der Waals surface area contributed by atoms with E-state index in [9.17, 15) is 13.6 Å². The highest BCUT2D eigenvalue weighted by molar-refractivity contribution is 5.84. The molecular weight excluding hydrogens is 274 g/mol. The highest BCUT2D eigenvalue weighted by Gasteiger charge is 2.26. The van der Waals surface area contributed by atoms with Gasteiger partial charge in [0.25, 0.3) is 0 Å². The zero-order chi connectivity index (χ0) is 14.8. The molecular formula is C17H14F2O2. The second-order valence-corrected chi connectivity index (χ2v) is 5.20. The molecule has 0 radical (unpaired) electrons. The number of fused-ring (bicyclic) bond motifs is 1. The fourth-order valence-electron chi connectivity index (χ4n) is 2.53. The van der Waals surface area contributed by atoms with Crippen LogP contribution in [-0.4, -0.2) is 12.4 Å². The normalized spacial score (nSPS) is 17.0. The number of ether oxygens (including phenoxy) is 1. The van der Waals surface area contributed by atoms with Gasteiger partial charge in [-0.2, -0.15) is 0 Å². The van der Waals surface area contributed by atoms with Gasteiger partial charge in [0.05, 0.1) is 12.5 Å². The zero-order valence-electron chi connectivity index (χ0n) is 11.3. The Kier molecular flexibility index (Phi) is 3.69. The minimum Gasteiger partial charge on any atom is -0.493 e. The summed E-state index contributed by atoms with van der Waals surface area (Å²) in [5, 5.41) is 0. The number of hydrogen-bond acceptors (Lipinski definition) is 2. The molecule has 1 aliphatic rings. The van der Waals surface area contributed by atoms with Gasteiger partial charge in [-0.1, -0.05) is 24.3 Å². The van der Waals surface area contributed by atoms with Crippen LogP contribution < -0.4 is 4.74 Å². The Morgan fingerprint density at radius 1 is 1.19 bits per heavy atom. The summed E-state index contributed by atoms with van der Waals surface area (Å²) in [6.45, 7) is 0.304. The number of hydrogen-bond donors (Lipinski definition) is 0. The van der Waals surface area contributed by atoms with Crippen molar-refractivity contribution in [2.24, 2.45) is 5.92 Å². The van der Waals surface area contributed by atoms with Crippen LogP contribution in [0.3, 0.4) is 0 Å². The Morgan fingerprint density at radius 2 is 2.00 bits per heavy atom. The second-order valence-electron chi connectivity index (χ2n) is 5.20. The summed E-state index contributed by atoms with van der Waals surface area (Å²) in [7, 11) is 0. The molecule has 0 saturated carbocycles. The third-order valence-electron chi connectivity index (χ3n) is 3.71. The molecule has 0 N–H and O–H groups in total. The molecule has 0 fully saturated rings.